The van der Waals surface area contributed by atoms with E-state index in [0.717, 1.165) is 44.8 Å². The van der Waals surface area contributed by atoms with Gasteiger partial charge < -0.3 is 15.5 Å². The number of aromatic nitrogens is 1. The zero-order valence-electron chi connectivity index (χ0n) is 18.3. The van der Waals surface area contributed by atoms with E-state index in [0.29, 0.717) is 5.56 Å². The maximum atomic E-state index is 12.9. The Morgan fingerprint density at radius 1 is 1.09 bits per heavy atom. The topological polar surface area (TPSA) is 69.6 Å². The van der Waals surface area contributed by atoms with Gasteiger partial charge in [-0.1, -0.05) is 23.9 Å². The van der Waals surface area contributed by atoms with E-state index in [2.05, 4.69) is 21.7 Å². The molecule has 0 saturated heterocycles. The molecular weight excluding hydrogens is 418 g/mol. The molecule has 0 unspecified atom stereocenters. The highest BCUT2D eigenvalue weighted by molar-refractivity contribution is 8.14. The molecule has 1 aliphatic heterocycles. The normalized spacial score (nSPS) is 13.1. The molecule has 1 aromatic heterocycles. The number of carbonyl (C=O) groups excluding carboxylic acids is 1. The number of aryl methyl sites for hydroxylation is 1. The van der Waals surface area contributed by atoms with Crippen LogP contribution >= 0.6 is 11.8 Å². The van der Waals surface area contributed by atoms with Gasteiger partial charge in [0.2, 0.25) is 0 Å². The number of pyridine rings is 1. The van der Waals surface area contributed by atoms with E-state index in [4.69, 9.17) is 4.99 Å². The molecule has 2 aromatic carbocycles. The summed E-state index contributed by atoms with van der Waals surface area (Å²) >= 11 is 1.62. The molecule has 3 aromatic rings. The second kappa shape index (κ2) is 9.70. The van der Waals surface area contributed by atoms with Gasteiger partial charge in [0.1, 0.15) is 0 Å². The number of hydrogen-bond acceptors (Lipinski definition) is 6. The van der Waals surface area contributed by atoms with Gasteiger partial charge in [0.25, 0.3) is 5.91 Å². The Morgan fingerprint density at radius 3 is 2.75 bits per heavy atom. The van der Waals surface area contributed by atoms with Gasteiger partial charge in [-0.2, -0.15) is 0 Å². The first-order chi connectivity index (χ1) is 15.5. The Bertz CT molecular complexity index is 1190. The minimum atomic E-state index is -0.155. The molecule has 0 aliphatic carbocycles. The Hall–Kier alpha value is -3.58. The van der Waals surface area contributed by atoms with Crippen molar-refractivity contribution < 1.29 is 4.79 Å². The molecular formula is C25H25N5OS. The molecule has 4 rings (SSSR count). The third-order valence-electron chi connectivity index (χ3n) is 5.04. The fourth-order valence-electron chi connectivity index (χ4n) is 3.23. The van der Waals surface area contributed by atoms with Crippen molar-refractivity contribution in [3.05, 3.63) is 89.8 Å². The SMILES string of the molecule is Cc1ccc(C(=O)Nc2cccc(N(C)C)c2)cc1NC1=NC(c2cccnc2)=CCS1. The third kappa shape index (κ3) is 5.18. The van der Waals surface area contributed by atoms with Crippen molar-refractivity contribution in [1.82, 2.24) is 4.98 Å². The van der Waals surface area contributed by atoms with Gasteiger partial charge in [0.15, 0.2) is 5.17 Å². The largest absolute Gasteiger partial charge is 0.378 e. The highest BCUT2D eigenvalue weighted by Crippen LogP contribution is 2.26. The first-order valence-corrected chi connectivity index (χ1v) is 11.3. The maximum absolute atomic E-state index is 12.9. The molecule has 0 atom stereocenters. The van der Waals surface area contributed by atoms with Gasteiger partial charge in [-0.25, -0.2) is 4.99 Å². The number of benzene rings is 2. The summed E-state index contributed by atoms with van der Waals surface area (Å²) < 4.78 is 0. The Morgan fingerprint density at radius 2 is 1.97 bits per heavy atom. The highest BCUT2D eigenvalue weighted by Gasteiger charge is 2.14. The summed E-state index contributed by atoms with van der Waals surface area (Å²) in [6.07, 6.45) is 5.65. The zero-order chi connectivity index (χ0) is 22.5. The van der Waals surface area contributed by atoms with Crippen LogP contribution in [-0.2, 0) is 0 Å². The number of nitrogens with one attached hydrogen (secondary N) is 2. The summed E-state index contributed by atoms with van der Waals surface area (Å²) in [6, 6.07) is 17.3. The van der Waals surface area contributed by atoms with E-state index in [9.17, 15) is 4.79 Å². The second-order valence-corrected chi connectivity index (χ2v) is 8.62. The van der Waals surface area contributed by atoms with Crippen molar-refractivity contribution in [3.63, 3.8) is 0 Å². The molecule has 0 saturated carbocycles. The lowest BCUT2D eigenvalue weighted by Crippen LogP contribution is -2.15. The summed E-state index contributed by atoms with van der Waals surface area (Å²) in [5.74, 6) is 0.662. The molecule has 2 heterocycles. The van der Waals surface area contributed by atoms with E-state index in [1.54, 1.807) is 18.0 Å². The predicted molar refractivity (Wildman–Crippen MR) is 136 cm³/mol. The number of rotatable bonds is 5. The molecule has 0 bridgehead atoms. The maximum Gasteiger partial charge on any atom is 0.255 e. The Kier molecular flexibility index (Phi) is 6.56. The number of amidine groups is 1. The first-order valence-electron chi connectivity index (χ1n) is 10.3. The number of hydrogen-bond donors (Lipinski definition) is 2. The number of anilines is 3. The van der Waals surface area contributed by atoms with Gasteiger partial charge in [0.05, 0.1) is 5.70 Å². The summed E-state index contributed by atoms with van der Waals surface area (Å²) in [7, 11) is 3.94. The van der Waals surface area contributed by atoms with Crippen LogP contribution in [0.1, 0.15) is 21.5 Å². The molecule has 0 spiro atoms. The molecule has 0 fully saturated rings. The standard InChI is InChI=1S/C25H25N5OS/c1-17-9-10-18(24(31)27-20-7-4-8-21(15-20)30(2)3)14-23(17)29-25-28-22(11-13-32-25)19-6-5-12-26-16-19/h4-12,14-16H,13H2,1-3H3,(H,27,31)(H,28,29). The summed E-state index contributed by atoms with van der Waals surface area (Å²) in [4.78, 5) is 23.8. The average molecular weight is 444 g/mol. The average Bonchev–Trinajstić information content (AvgIpc) is 2.81. The van der Waals surface area contributed by atoms with Crippen molar-refractivity contribution in [2.45, 2.75) is 6.92 Å². The molecule has 2 N–H and O–H groups in total. The summed E-state index contributed by atoms with van der Waals surface area (Å²) in [5, 5.41) is 7.18. The van der Waals surface area contributed by atoms with Crippen LogP contribution in [0.25, 0.3) is 5.70 Å². The van der Waals surface area contributed by atoms with Crippen LogP contribution in [0.2, 0.25) is 0 Å². The molecule has 6 nitrogen and oxygen atoms in total. The second-order valence-electron chi connectivity index (χ2n) is 7.61. The lowest BCUT2D eigenvalue weighted by molar-refractivity contribution is 0.102. The third-order valence-corrected chi connectivity index (χ3v) is 5.84. The van der Waals surface area contributed by atoms with Gasteiger partial charge in [0, 0.05) is 60.4 Å². The van der Waals surface area contributed by atoms with Gasteiger partial charge >= 0.3 is 0 Å². The van der Waals surface area contributed by atoms with Gasteiger partial charge in [-0.05, 0) is 61.0 Å². The van der Waals surface area contributed by atoms with Crippen LogP contribution in [0.3, 0.4) is 0 Å². The van der Waals surface area contributed by atoms with E-state index in [1.807, 2.05) is 86.7 Å². The van der Waals surface area contributed by atoms with E-state index >= 15 is 0 Å². The summed E-state index contributed by atoms with van der Waals surface area (Å²) in [6.45, 7) is 2.01. The van der Waals surface area contributed by atoms with Crippen LogP contribution in [0.4, 0.5) is 17.1 Å². The first kappa shape index (κ1) is 21.6. The van der Waals surface area contributed by atoms with Crippen molar-refractivity contribution in [2.24, 2.45) is 4.99 Å². The number of thioether (sulfide) groups is 1. The van der Waals surface area contributed by atoms with Crippen LogP contribution < -0.4 is 15.5 Å². The van der Waals surface area contributed by atoms with E-state index in [-0.39, 0.29) is 5.91 Å². The summed E-state index contributed by atoms with van der Waals surface area (Å²) in [5.41, 5.74) is 6.14. The molecule has 1 aliphatic rings. The number of amides is 1. The van der Waals surface area contributed by atoms with Crippen LogP contribution in [0.15, 0.2) is 78.1 Å². The van der Waals surface area contributed by atoms with Crippen LogP contribution in [0.5, 0.6) is 0 Å². The van der Waals surface area contributed by atoms with Crippen molar-refractivity contribution in [2.75, 3.05) is 35.4 Å². The fraction of sp³-hybridized carbons (Fsp3) is 0.160. The molecule has 162 valence electrons. The lowest BCUT2D eigenvalue weighted by atomic mass is 10.1. The predicted octanol–water partition coefficient (Wildman–Crippen LogP) is 5.26. The van der Waals surface area contributed by atoms with Gasteiger partial charge in [-0.15, -0.1) is 0 Å². The minimum Gasteiger partial charge on any atom is -0.378 e. The molecule has 32 heavy (non-hydrogen) atoms. The lowest BCUT2D eigenvalue weighted by Gasteiger charge is -2.17. The number of aliphatic imine (C=N–C) groups is 1. The monoisotopic (exact) mass is 443 g/mol. The zero-order valence-corrected chi connectivity index (χ0v) is 19.1. The van der Waals surface area contributed by atoms with E-state index in [1.165, 1.54) is 0 Å². The van der Waals surface area contributed by atoms with Gasteiger partial charge in [-0.3, -0.25) is 9.78 Å². The number of carbonyl (C=O) groups is 1. The number of nitrogens with zero attached hydrogens (tertiary/aromatic N) is 3. The minimum absolute atomic E-state index is 0.155. The Balaban J connectivity index is 1.52. The molecule has 7 heteroatoms. The van der Waals surface area contributed by atoms with Crippen molar-refractivity contribution >= 4 is 45.6 Å². The quantitative estimate of drug-likeness (QED) is 0.563. The van der Waals surface area contributed by atoms with Crippen LogP contribution in [0, 0.1) is 6.92 Å². The van der Waals surface area contributed by atoms with Crippen molar-refractivity contribution in [1.29, 1.82) is 0 Å². The fourth-order valence-corrected chi connectivity index (χ4v) is 3.97. The molecule has 1 amide bonds. The van der Waals surface area contributed by atoms with Crippen molar-refractivity contribution in [3.8, 4) is 0 Å². The van der Waals surface area contributed by atoms with E-state index < -0.39 is 0 Å². The van der Waals surface area contributed by atoms with Crippen LogP contribution in [-0.4, -0.2) is 35.9 Å². The molecule has 0 radical (unpaired) electrons. The Labute approximate surface area is 192 Å². The highest BCUT2D eigenvalue weighted by atomic mass is 32.2. The smallest absolute Gasteiger partial charge is 0.255 e.